The van der Waals surface area contributed by atoms with E-state index in [1.165, 1.54) is 0 Å². The smallest absolute Gasteiger partial charge is 0.222 e. The van der Waals surface area contributed by atoms with Crippen molar-refractivity contribution in [2.45, 2.75) is 32.4 Å². The highest BCUT2D eigenvalue weighted by Crippen LogP contribution is 2.12. The number of carbonyl (C=O) groups is 1. The number of aliphatic imine (C=N–C) groups is 1. The van der Waals surface area contributed by atoms with E-state index in [9.17, 15) is 13.2 Å². The first-order chi connectivity index (χ1) is 12.4. The van der Waals surface area contributed by atoms with Gasteiger partial charge in [0.25, 0.3) is 0 Å². The Labute approximate surface area is 159 Å². The molecule has 3 N–H and O–H groups in total. The third-order valence-electron chi connectivity index (χ3n) is 3.90. The number of benzene rings is 1. The van der Waals surface area contributed by atoms with Crippen molar-refractivity contribution < 1.29 is 13.2 Å². The summed E-state index contributed by atoms with van der Waals surface area (Å²) >= 11 is 5.97. The second-order valence-electron chi connectivity index (χ2n) is 6.17. The number of amides is 1. The van der Waals surface area contributed by atoms with Crippen molar-refractivity contribution in [3.8, 4) is 0 Å². The van der Waals surface area contributed by atoms with Gasteiger partial charge in [0.2, 0.25) is 5.91 Å². The molecule has 0 radical (unpaired) electrons. The molecule has 1 heterocycles. The predicted molar refractivity (Wildman–Crippen MR) is 104 cm³/mol. The van der Waals surface area contributed by atoms with E-state index in [0.29, 0.717) is 37.0 Å². The van der Waals surface area contributed by atoms with Crippen LogP contribution in [0.2, 0.25) is 5.02 Å². The second-order valence-corrected chi connectivity index (χ2v) is 8.83. The molecule has 144 valence electrons. The van der Waals surface area contributed by atoms with Gasteiger partial charge in [0.05, 0.1) is 18.1 Å². The highest BCUT2D eigenvalue weighted by Gasteiger charge is 2.28. The van der Waals surface area contributed by atoms with Crippen molar-refractivity contribution in [2.24, 2.45) is 4.99 Å². The molecule has 7 nitrogen and oxygen atoms in total. The van der Waals surface area contributed by atoms with Crippen LogP contribution in [0.1, 0.15) is 25.3 Å². The number of guanidine groups is 1. The minimum absolute atomic E-state index is 0.0376. The summed E-state index contributed by atoms with van der Waals surface area (Å²) < 4.78 is 22.8. The summed E-state index contributed by atoms with van der Waals surface area (Å²) in [5.74, 6) is 0.640. The van der Waals surface area contributed by atoms with Gasteiger partial charge >= 0.3 is 0 Å². The first-order valence-corrected chi connectivity index (χ1v) is 10.8. The fourth-order valence-corrected chi connectivity index (χ4v) is 4.54. The molecule has 26 heavy (non-hydrogen) atoms. The summed E-state index contributed by atoms with van der Waals surface area (Å²) in [7, 11) is -2.99. The fourth-order valence-electron chi connectivity index (χ4n) is 2.65. The van der Waals surface area contributed by atoms with E-state index in [1.54, 1.807) is 0 Å². The van der Waals surface area contributed by atoms with Gasteiger partial charge in [-0.1, -0.05) is 23.7 Å². The Morgan fingerprint density at radius 2 is 2.15 bits per heavy atom. The van der Waals surface area contributed by atoms with Crippen LogP contribution in [0.3, 0.4) is 0 Å². The van der Waals surface area contributed by atoms with Gasteiger partial charge < -0.3 is 16.0 Å². The first kappa shape index (κ1) is 20.5. The maximum absolute atomic E-state index is 11.9. The number of carbonyl (C=O) groups excluding carboxylic acids is 1. The highest BCUT2D eigenvalue weighted by molar-refractivity contribution is 7.91. The first-order valence-electron chi connectivity index (χ1n) is 8.64. The van der Waals surface area contributed by atoms with E-state index in [4.69, 9.17) is 11.6 Å². The van der Waals surface area contributed by atoms with Gasteiger partial charge in [-0.2, -0.15) is 0 Å². The van der Waals surface area contributed by atoms with Gasteiger partial charge in [-0.05, 0) is 31.0 Å². The van der Waals surface area contributed by atoms with Crippen molar-refractivity contribution in [2.75, 3.05) is 24.6 Å². The molecule has 9 heteroatoms. The molecular formula is C17H25ClN4O3S. The van der Waals surface area contributed by atoms with E-state index in [0.717, 1.165) is 5.56 Å². The zero-order valence-corrected chi connectivity index (χ0v) is 16.4. The molecule has 0 saturated carbocycles. The normalized spacial score (nSPS) is 19.2. The lowest BCUT2D eigenvalue weighted by molar-refractivity contribution is -0.121. The molecule has 1 aliphatic heterocycles. The molecule has 1 atom stereocenters. The summed E-state index contributed by atoms with van der Waals surface area (Å²) in [6.45, 7) is 3.55. The molecule has 1 aromatic carbocycles. The van der Waals surface area contributed by atoms with Crippen LogP contribution in [0.4, 0.5) is 0 Å². The SMILES string of the molecule is CCNC(=NCc1cccc(Cl)c1)NCCC(=O)NC1CCS(=O)(=O)C1. The molecule has 1 fully saturated rings. The molecule has 2 rings (SSSR count). The van der Waals surface area contributed by atoms with Crippen molar-refractivity contribution in [3.05, 3.63) is 34.9 Å². The monoisotopic (exact) mass is 400 g/mol. The fraction of sp³-hybridized carbons (Fsp3) is 0.529. The minimum Gasteiger partial charge on any atom is -0.357 e. The zero-order chi connectivity index (χ0) is 19.0. The van der Waals surface area contributed by atoms with Crippen LogP contribution in [0.25, 0.3) is 0 Å². The summed E-state index contributed by atoms with van der Waals surface area (Å²) in [5.41, 5.74) is 0.995. The van der Waals surface area contributed by atoms with Crippen LogP contribution in [0.5, 0.6) is 0 Å². The lowest BCUT2D eigenvalue weighted by atomic mass is 10.2. The zero-order valence-electron chi connectivity index (χ0n) is 14.8. The Balaban J connectivity index is 1.77. The quantitative estimate of drug-likeness (QED) is 0.470. The lowest BCUT2D eigenvalue weighted by Crippen LogP contribution is -2.41. The van der Waals surface area contributed by atoms with Gasteiger partial charge in [-0.15, -0.1) is 0 Å². The van der Waals surface area contributed by atoms with E-state index < -0.39 is 9.84 Å². The average molecular weight is 401 g/mol. The number of rotatable bonds is 7. The van der Waals surface area contributed by atoms with Crippen molar-refractivity contribution >= 4 is 33.3 Å². The Hall–Kier alpha value is -1.80. The molecule has 0 aromatic heterocycles. The van der Waals surface area contributed by atoms with E-state index in [1.807, 2.05) is 31.2 Å². The van der Waals surface area contributed by atoms with Crippen LogP contribution in [0, 0.1) is 0 Å². The largest absolute Gasteiger partial charge is 0.357 e. The average Bonchev–Trinajstić information content (AvgIpc) is 2.91. The molecule has 0 spiro atoms. The Bertz CT molecular complexity index is 752. The Morgan fingerprint density at radius 3 is 2.81 bits per heavy atom. The Morgan fingerprint density at radius 1 is 1.35 bits per heavy atom. The molecule has 1 aromatic rings. The standard InChI is InChI=1S/C17H25ClN4O3S/c1-2-19-17(21-11-13-4-3-5-14(18)10-13)20-8-6-16(23)22-15-7-9-26(24,25)12-15/h3-5,10,15H,2,6-9,11-12H2,1H3,(H,22,23)(H2,19,20,21). The summed E-state index contributed by atoms with van der Waals surface area (Å²) in [6, 6.07) is 7.23. The highest BCUT2D eigenvalue weighted by atomic mass is 35.5. The van der Waals surface area contributed by atoms with Crippen LogP contribution in [0.15, 0.2) is 29.3 Å². The second kappa shape index (κ2) is 9.78. The molecule has 1 amide bonds. The topological polar surface area (TPSA) is 99.7 Å². The van der Waals surface area contributed by atoms with Gasteiger partial charge in [-0.3, -0.25) is 4.79 Å². The van der Waals surface area contributed by atoms with Crippen molar-refractivity contribution in [3.63, 3.8) is 0 Å². The number of sulfone groups is 1. The van der Waals surface area contributed by atoms with Crippen molar-refractivity contribution in [1.29, 1.82) is 0 Å². The number of nitrogens with one attached hydrogen (secondary N) is 3. The van der Waals surface area contributed by atoms with Crippen molar-refractivity contribution in [1.82, 2.24) is 16.0 Å². The number of nitrogens with zero attached hydrogens (tertiary/aromatic N) is 1. The van der Waals surface area contributed by atoms with Gasteiger partial charge in [0.15, 0.2) is 15.8 Å². The lowest BCUT2D eigenvalue weighted by Gasteiger charge is -2.13. The number of hydrogen-bond donors (Lipinski definition) is 3. The van der Waals surface area contributed by atoms with Crippen LogP contribution in [-0.4, -0.2) is 50.9 Å². The predicted octanol–water partition coefficient (Wildman–Crippen LogP) is 1.09. The third-order valence-corrected chi connectivity index (χ3v) is 5.90. The molecule has 1 saturated heterocycles. The summed E-state index contributed by atoms with van der Waals surface area (Å²) in [4.78, 5) is 16.4. The minimum atomic E-state index is -2.99. The maximum Gasteiger partial charge on any atom is 0.222 e. The summed E-state index contributed by atoms with van der Waals surface area (Å²) in [6.07, 6.45) is 0.739. The van der Waals surface area contributed by atoms with E-state index in [-0.39, 0.29) is 29.9 Å². The maximum atomic E-state index is 11.9. The molecular weight excluding hydrogens is 376 g/mol. The molecule has 1 aliphatic rings. The number of halogens is 1. The van der Waals surface area contributed by atoms with E-state index >= 15 is 0 Å². The number of hydrogen-bond acceptors (Lipinski definition) is 4. The van der Waals surface area contributed by atoms with Gasteiger partial charge in [-0.25, -0.2) is 13.4 Å². The Kier molecular flexibility index (Phi) is 7.71. The van der Waals surface area contributed by atoms with Crippen LogP contribution < -0.4 is 16.0 Å². The van der Waals surface area contributed by atoms with Gasteiger partial charge in [0, 0.05) is 30.6 Å². The molecule has 0 bridgehead atoms. The van der Waals surface area contributed by atoms with Crippen LogP contribution in [-0.2, 0) is 21.2 Å². The van der Waals surface area contributed by atoms with E-state index in [2.05, 4.69) is 20.9 Å². The molecule has 0 aliphatic carbocycles. The van der Waals surface area contributed by atoms with Crippen LogP contribution >= 0.6 is 11.6 Å². The third kappa shape index (κ3) is 7.21. The summed E-state index contributed by atoms with van der Waals surface area (Å²) in [5, 5.41) is 9.66. The molecule has 1 unspecified atom stereocenters. The van der Waals surface area contributed by atoms with Gasteiger partial charge in [0.1, 0.15) is 0 Å².